The molecule has 1 N–H and O–H groups in total. The molecule has 0 unspecified atom stereocenters. The van der Waals surface area contributed by atoms with Crippen LogP contribution in [-0.2, 0) is 10.0 Å². The van der Waals surface area contributed by atoms with Crippen molar-refractivity contribution in [2.75, 3.05) is 0 Å². The molecule has 0 bridgehead atoms. The number of hydrogen-bond donors (Lipinski definition) is 1. The lowest BCUT2D eigenvalue weighted by molar-refractivity contribution is 0.550. The van der Waals surface area contributed by atoms with Gasteiger partial charge >= 0.3 is 4.87 Å². The van der Waals surface area contributed by atoms with Gasteiger partial charge in [0.2, 0.25) is 10.0 Å². The van der Waals surface area contributed by atoms with Crippen LogP contribution in [0.3, 0.4) is 0 Å². The van der Waals surface area contributed by atoms with Crippen LogP contribution >= 0.6 is 11.3 Å². The Morgan fingerprint density at radius 1 is 1.11 bits per heavy atom. The Kier molecular flexibility index (Phi) is 5.55. The van der Waals surface area contributed by atoms with E-state index in [2.05, 4.69) is 4.72 Å². The standard InChI is InChI=1S/C20H24N2O3S2/c1-5-17(15-8-6-14(4)7-9-15)21-27(24,25)16-10-11-18-19(12-16)26-20(23)22(18)13(2)3/h6-13,17,21H,5H2,1-4H3/t17-/m0/s1. The Bertz CT molecular complexity index is 1110. The molecule has 0 amide bonds. The zero-order chi connectivity index (χ0) is 19.8. The summed E-state index contributed by atoms with van der Waals surface area (Å²) < 4.78 is 31.0. The maximum Gasteiger partial charge on any atom is 0.308 e. The van der Waals surface area contributed by atoms with Crippen LogP contribution in [0.15, 0.2) is 52.2 Å². The van der Waals surface area contributed by atoms with Gasteiger partial charge in [-0.25, -0.2) is 13.1 Å². The Morgan fingerprint density at radius 3 is 2.37 bits per heavy atom. The highest BCUT2D eigenvalue weighted by Crippen LogP contribution is 2.26. The number of fused-ring (bicyclic) bond motifs is 1. The van der Waals surface area contributed by atoms with Crippen molar-refractivity contribution < 1.29 is 8.42 Å². The molecule has 27 heavy (non-hydrogen) atoms. The monoisotopic (exact) mass is 404 g/mol. The van der Waals surface area contributed by atoms with E-state index in [1.165, 1.54) is 0 Å². The quantitative estimate of drug-likeness (QED) is 0.663. The predicted octanol–water partition coefficient (Wildman–Crippen LogP) is 4.38. The second-order valence-corrected chi connectivity index (χ2v) is 9.66. The second-order valence-electron chi connectivity index (χ2n) is 6.95. The minimum atomic E-state index is -3.70. The number of aryl methyl sites for hydroxylation is 1. The Labute approximate surface area is 163 Å². The molecule has 3 rings (SSSR count). The van der Waals surface area contributed by atoms with Gasteiger partial charge in [0.1, 0.15) is 0 Å². The van der Waals surface area contributed by atoms with Crippen molar-refractivity contribution in [1.82, 2.24) is 9.29 Å². The van der Waals surface area contributed by atoms with Crippen LogP contribution < -0.4 is 9.60 Å². The van der Waals surface area contributed by atoms with Crippen LogP contribution in [0.5, 0.6) is 0 Å². The molecular weight excluding hydrogens is 380 g/mol. The Morgan fingerprint density at radius 2 is 1.78 bits per heavy atom. The van der Waals surface area contributed by atoms with Gasteiger partial charge in [-0.3, -0.25) is 9.36 Å². The van der Waals surface area contributed by atoms with Gasteiger partial charge in [0, 0.05) is 12.1 Å². The van der Waals surface area contributed by atoms with Crippen molar-refractivity contribution in [3.05, 3.63) is 63.3 Å². The first kappa shape index (κ1) is 19.8. The SMILES string of the molecule is CC[C@H](NS(=O)(=O)c1ccc2c(c1)sc(=O)n2C(C)C)c1ccc(C)cc1. The molecule has 3 aromatic rings. The van der Waals surface area contributed by atoms with E-state index in [1.54, 1.807) is 22.8 Å². The van der Waals surface area contributed by atoms with E-state index in [-0.39, 0.29) is 21.9 Å². The molecule has 0 fully saturated rings. The number of aromatic nitrogens is 1. The summed E-state index contributed by atoms with van der Waals surface area (Å²) in [6.45, 7) is 7.82. The average molecular weight is 405 g/mol. The molecule has 0 spiro atoms. The molecule has 0 radical (unpaired) electrons. The number of benzene rings is 2. The van der Waals surface area contributed by atoms with Crippen molar-refractivity contribution in [2.45, 2.75) is 51.1 Å². The lowest BCUT2D eigenvalue weighted by atomic mass is 10.0. The molecule has 5 nitrogen and oxygen atoms in total. The van der Waals surface area contributed by atoms with Crippen LogP contribution in [0, 0.1) is 6.92 Å². The summed E-state index contributed by atoms with van der Waals surface area (Å²) in [6, 6.07) is 12.4. The van der Waals surface area contributed by atoms with Crippen molar-refractivity contribution in [2.24, 2.45) is 0 Å². The Hall–Kier alpha value is -1.96. The fourth-order valence-corrected chi connectivity index (χ4v) is 5.57. The maximum atomic E-state index is 12.9. The molecule has 0 saturated carbocycles. The van der Waals surface area contributed by atoms with Crippen LogP contribution in [-0.4, -0.2) is 13.0 Å². The molecule has 0 saturated heterocycles. The zero-order valence-corrected chi connectivity index (χ0v) is 17.5. The molecule has 0 aliphatic carbocycles. The molecule has 7 heteroatoms. The summed E-state index contributed by atoms with van der Waals surface area (Å²) in [5.74, 6) is 0. The molecule has 1 heterocycles. The van der Waals surface area contributed by atoms with Crippen molar-refractivity contribution in [1.29, 1.82) is 0 Å². The number of rotatable bonds is 6. The van der Waals surface area contributed by atoms with Gasteiger partial charge in [-0.2, -0.15) is 0 Å². The van der Waals surface area contributed by atoms with Crippen molar-refractivity contribution in [3.63, 3.8) is 0 Å². The maximum absolute atomic E-state index is 12.9. The highest BCUT2D eigenvalue weighted by molar-refractivity contribution is 7.89. The van der Waals surface area contributed by atoms with Gasteiger partial charge in [0.25, 0.3) is 0 Å². The lowest BCUT2D eigenvalue weighted by Gasteiger charge is -2.18. The fraction of sp³-hybridized carbons (Fsp3) is 0.350. The molecule has 1 aromatic heterocycles. The second kappa shape index (κ2) is 7.58. The van der Waals surface area contributed by atoms with E-state index >= 15 is 0 Å². The van der Waals surface area contributed by atoms with E-state index in [0.717, 1.165) is 28.0 Å². The smallest absolute Gasteiger partial charge is 0.296 e. The van der Waals surface area contributed by atoms with E-state index in [0.29, 0.717) is 11.1 Å². The Balaban J connectivity index is 1.96. The zero-order valence-electron chi connectivity index (χ0n) is 15.9. The molecule has 1 atom stereocenters. The third-order valence-corrected chi connectivity index (χ3v) is 6.98. The van der Waals surface area contributed by atoms with Gasteiger partial charge in [0.15, 0.2) is 0 Å². The summed E-state index contributed by atoms with van der Waals surface area (Å²) in [5.41, 5.74) is 2.83. The first-order valence-corrected chi connectivity index (χ1v) is 11.3. The summed E-state index contributed by atoms with van der Waals surface area (Å²) in [4.78, 5) is 12.3. The summed E-state index contributed by atoms with van der Waals surface area (Å²) in [5, 5.41) is 0. The van der Waals surface area contributed by atoms with Crippen LogP contribution in [0.25, 0.3) is 10.2 Å². The highest BCUT2D eigenvalue weighted by Gasteiger charge is 2.22. The number of nitrogens with one attached hydrogen (secondary N) is 1. The molecular formula is C20H24N2O3S2. The molecule has 0 aliphatic heterocycles. The highest BCUT2D eigenvalue weighted by atomic mass is 32.2. The predicted molar refractivity (Wildman–Crippen MR) is 111 cm³/mol. The van der Waals surface area contributed by atoms with Crippen LogP contribution in [0.4, 0.5) is 0 Å². The van der Waals surface area contributed by atoms with Crippen LogP contribution in [0.1, 0.15) is 50.4 Å². The van der Waals surface area contributed by atoms with E-state index in [1.807, 2.05) is 52.0 Å². The topological polar surface area (TPSA) is 68.2 Å². The van der Waals surface area contributed by atoms with E-state index in [4.69, 9.17) is 0 Å². The van der Waals surface area contributed by atoms with E-state index in [9.17, 15) is 13.2 Å². The molecule has 2 aromatic carbocycles. The third kappa shape index (κ3) is 4.00. The van der Waals surface area contributed by atoms with Gasteiger partial charge in [-0.15, -0.1) is 0 Å². The minimum absolute atomic E-state index is 0.0258. The van der Waals surface area contributed by atoms with Gasteiger partial charge in [-0.05, 0) is 51.0 Å². The minimum Gasteiger partial charge on any atom is -0.296 e. The molecule has 0 aliphatic rings. The first-order valence-electron chi connectivity index (χ1n) is 8.97. The summed E-state index contributed by atoms with van der Waals surface area (Å²) in [7, 11) is -3.70. The van der Waals surface area contributed by atoms with Crippen LogP contribution in [0.2, 0.25) is 0 Å². The fourth-order valence-electron chi connectivity index (χ4n) is 3.11. The number of thiazole rings is 1. The molecule has 144 valence electrons. The number of hydrogen-bond acceptors (Lipinski definition) is 4. The third-order valence-electron chi connectivity index (χ3n) is 4.60. The first-order chi connectivity index (χ1) is 12.7. The van der Waals surface area contributed by atoms with Crippen molar-refractivity contribution >= 4 is 31.6 Å². The van der Waals surface area contributed by atoms with Gasteiger partial charge < -0.3 is 0 Å². The van der Waals surface area contributed by atoms with Gasteiger partial charge in [0.05, 0.1) is 15.1 Å². The average Bonchev–Trinajstić information content (AvgIpc) is 2.95. The lowest BCUT2D eigenvalue weighted by Crippen LogP contribution is -2.28. The number of nitrogens with zero attached hydrogens (tertiary/aromatic N) is 1. The largest absolute Gasteiger partial charge is 0.308 e. The van der Waals surface area contributed by atoms with E-state index < -0.39 is 10.0 Å². The number of sulfonamides is 1. The van der Waals surface area contributed by atoms with Crippen molar-refractivity contribution in [3.8, 4) is 0 Å². The summed E-state index contributed by atoms with van der Waals surface area (Å²) >= 11 is 1.08. The summed E-state index contributed by atoms with van der Waals surface area (Å²) in [6.07, 6.45) is 0.640. The normalized spacial score (nSPS) is 13.4. The van der Waals surface area contributed by atoms with Gasteiger partial charge in [-0.1, -0.05) is 48.1 Å².